The number of rotatable bonds is 0. The van der Waals surface area contributed by atoms with E-state index in [4.69, 9.17) is 11.6 Å². The molecule has 0 aliphatic heterocycles. The number of benzene rings is 7. The van der Waals surface area contributed by atoms with E-state index in [-0.39, 0.29) is 0 Å². The molecule has 1 aromatic heterocycles. The van der Waals surface area contributed by atoms with E-state index >= 15 is 0 Å². The highest BCUT2D eigenvalue weighted by Gasteiger charge is 2.59. The largest absolute Gasteiger partial charge is 0.135 e. The lowest BCUT2D eigenvalue weighted by Crippen LogP contribution is -2.43. The van der Waals surface area contributed by atoms with E-state index in [9.17, 15) is 0 Å². The molecule has 0 radical (unpaired) electrons. The molecular formula is C44H25ClS. The predicted molar refractivity (Wildman–Crippen MR) is 193 cm³/mol. The molecule has 0 bridgehead atoms. The maximum atomic E-state index is 7.33. The molecule has 0 fully saturated rings. The summed E-state index contributed by atoms with van der Waals surface area (Å²) in [6.07, 6.45) is 0. The summed E-state index contributed by atoms with van der Waals surface area (Å²) in [6.45, 7) is 0. The lowest BCUT2D eigenvalue weighted by atomic mass is 9.52. The summed E-state index contributed by atoms with van der Waals surface area (Å²) in [5.74, 6) is 0. The maximum Gasteiger partial charge on any atom is 0.0720 e. The van der Waals surface area contributed by atoms with Crippen LogP contribution in [0, 0.1) is 0 Å². The quantitative estimate of drug-likeness (QED) is 0.158. The van der Waals surface area contributed by atoms with Gasteiger partial charge in [0.05, 0.1) is 10.8 Å². The fourth-order valence-corrected chi connectivity index (χ4v) is 11.0. The smallest absolute Gasteiger partial charge is 0.0720 e. The van der Waals surface area contributed by atoms with Crippen LogP contribution in [0.4, 0.5) is 0 Å². The Bertz CT molecular complexity index is 2530. The molecule has 0 atom stereocenters. The highest BCUT2D eigenvalue weighted by atomic mass is 35.5. The Hall–Kier alpha value is -4.95. The predicted octanol–water partition coefficient (Wildman–Crippen LogP) is 11.7. The van der Waals surface area contributed by atoms with E-state index in [1.807, 2.05) is 11.3 Å². The summed E-state index contributed by atoms with van der Waals surface area (Å²) in [5, 5.41) is 3.43. The number of hydrogen-bond acceptors (Lipinski definition) is 1. The summed E-state index contributed by atoms with van der Waals surface area (Å²) in [7, 11) is 0. The van der Waals surface area contributed by atoms with E-state index in [1.165, 1.54) is 86.9 Å². The van der Waals surface area contributed by atoms with Gasteiger partial charge in [0.1, 0.15) is 0 Å². The lowest BCUT2D eigenvalue weighted by Gasteiger charge is -2.48. The van der Waals surface area contributed by atoms with E-state index in [0.29, 0.717) is 0 Å². The summed E-state index contributed by atoms with van der Waals surface area (Å²) < 4.78 is 2.61. The molecule has 8 aromatic rings. The summed E-state index contributed by atoms with van der Waals surface area (Å²) in [4.78, 5) is 0. The molecule has 0 unspecified atom stereocenters. The molecule has 46 heavy (non-hydrogen) atoms. The number of fused-ring (bicyclic) bond motifs is 20. The minimum atomic E-state index is -0.530. The first-order valence-electron chi connectivity index (χ1n) is 15.9. The highest BCUT2D eigenvalue weighted by molar-refractivity contribution is 7.26. The van der Waals surface area contributed by atoms with E-state index < -0.39 is 10.8 Å². The zero-order chi connectivity index (χ0) is 30.2. The molecule has 3 aliphatic rings. The first-order valence-corrected chi connectivity index (χ1v) is 17.1. The van der Waals surface area contributed by atoms with Crippen LogP contribution in [-0.2, 0) is 10.8 Å². The SMILES string of the molecule is Clc1cccc2c1-c1c(ccc3sc4ccccc4c13)C21c2ccccc2C2(c3ccccc3-c3ccccc32)c2ccccc21. The van der Waals surface area contributed by atoms with Crippen LogP contribution in [0.5, 0.6) is 0 Å². The monoisotopic (exact) mass is 620 g/mol. The van der Waals surface area contributed by atoms with Crippen LogP contribution in [0.3, 0.4) is 0 Å². The average molecular weight is 621 g/mol. The molecule has 0 saturated carbocycles. The van der Waals surface area contributed by atoms with Crippen molar-refractivity contribution in [1.29, 1.82) is 0 Å². The van der Waals surface area contributed by atoms with Gasteiger partial charge in [-0.2, -0.15) is 0 Å². The van der Waals surface area contributed by atoms with Gasteiger partial charge in [0.25, 0.3) is 0 Å². The maximum absolute atomic E-state index is 7.33. The second kappa shape index (κ2) is 8.65. The number of halogens is 1. The minimum Gasteiger partial charge on any atom is -0.135 e. The van der Waals surface area contributed by atoms with Crippen molar-refractivity contribution in [2.75, 3.05) is 0 Å². The highest BCUT2D eigenvalue weighted by Crippen LogP contribution is 2.68. The fourth-order valence-electron chi connectivity index (χ4n) is 9.58. The van der Waals surface area contributed by atoms with Gasteiger partial charge in [-0.15, -0.1) is 11.3 Å². The van der Waals surface area contributed by atoms with Crippen molar-refractivity contribution in [3.63, 3.8) is 0 Å². The third kappa shape index (κ3) is 2.69. The molecule has 0 saturated heterocycles. The van der Waals surface area contributed by atoms with Gasteiger partial charge in [0.2, 0.25) is 0 Å². The molecule has 11 rings (SSSR count). The van der Waals surface area contributed by atoms with Crippen LogP contribution in [0.15, 0.2) is 152 Å². The molecule has 0 N–H and O–H groups in total. The van der Waals surface area contributed by atoms with Crippen molar-refractivity contribution in [2.45, 2.75) is 10.8 Å². The zero-order valence-electron chi connectivity index (χ0n) is 24.7. The number of hydrogen-bond donors (Lipinski definition) is 0. The molecule has 1 heterocycles. The Balaban J connectivity index is 1.38. The molecule has 2 heteroatoms. The van der Waals surface area contributed by atoms with Crippen molar-refractivity contribution < 1.29 is 0 Å². The van der Waals surface area contributed by atoms with Crippen molar-refractivity contribution in [1.82, 2.24) is 0 Å². The lowest BCUT2D eigenvalue weighted by molar-refractivity contribution is 0.633. The molecular weight excluding hydrogens is 596 g/mol. The molecule has 2 spiro atoms. The topological polar surface area (TPSA) is 0 Å². The summed E-state index contributed by atoms with van der Waals surface area (Å²) >= 11 is 9.20. The van der Waals surface area contributed by atoms with E-state index in [0.717, 1.165) is 5.02 Å². The first-order chi connectivity index (χ1) is 22.8. The molecule has 214 valence electrons. The third-order valence-electron chi connectivity index (χ3n) is 11.0. The Morgan fingerprint density at radius 1 is 0.370 bits per heavy atom. The molecule has 7 aromatic carbocycles. The normalized spacial score (nSPS) is 15.4. The van der Waals surface area contributed by atoms with Gasteiger partial charge in [0, 0.05) is 30.8 Å². The average Bonchev–Trinajstić information content (AvgIpc) is 3.73. The van der Waals surface area contributed by atoms with E-state index in [1.54, 1.807) is 0 Å². The Kier molecular flexibility index (Phi) is 4.75. The van der Waals surface area contributed by atoms with Gasteiger partial charge < -0.3 is 0 Å². The second-order valence-electron chi connectivity index (χ2n) is 12.8. The van der Waals surface area contributed by atoms with Crippen LogP contribution >= 0.6 is 22.9 Å². The second-order valence-corrected chi connectivity index (χ2v) is 14.3. The van der Waals surface area contributed by atoms with Gasteiger partial charge in [-0.25, -0.2) is 0 Å². The number of thiophene rings is 1. The van der Waals surface area contributed by atoms with E-state index in [2.05, 4.69) is 152 Å². The van der Waals surface area contributed by atoms with Crippen LogP contribution in [0.2, 0.25) is 5.02 Å². The molecule has 0 nitrogen and oxygen atoms in total. The van der Waals surface area contributed by atoms with Gasteiger partial charge in [-0.3, -0.25) is 0 Å². The minimum absolute atomic E-state index is 0.438. The van der Waals surface area contributed by atoms with Crippen molar-refractivity contribution in [3.05, 3.63) is 201 Å². The van der Waals surface area contributed by atoms with Crippen LogP contribution in [0.25, 0.3) is 42.4 Å². The summed E-state index contributed by atoms with van der Waals surface area (Å²) in [5.41, 5.74) is 14.8. The van der Waals surface area contributed by atoms with Gasteiger partial charge >= 0.3 is 0 Å². The summed E-state index contributed by atoms with van der Waals surface area (Å²) in [6, 6.07) is 56.8. The zero-order valence-corrected chi connectivity index (χ0v) is 26.3. The molecule has 3 aliphatic carbocycles. The van der Waals surface area contributed by atoms with Crippen molar-refractivity contribution >= 4 is 43.1 Å². The van der Waals surface area contributed by atoms with Crippen LogP contribution in [-0.4, -0.2) is 0 Å². The first kappa shape index (κ1) is 25.3. The Morgan fingerprint density at radius 3 is 1.48 bits per heavy atom. The standard InChI is InChI=1S/C44H25ClS/c45-37-22-11-21-35-41(37)42-36(24-25-39-40(42)28-14-3-10-23-38(28)46-39)44(35)33-19-8-6-17-31(33)43(32-18-7-9-20-34(32)44)29-15-4-1-12-26(29)27-13-2-5-16-30(27)43/h1-25H. The fraction of sp³-hybridized carbons (Fsp3) is 0.0455. The van der Waals surface area contributed by atoms with Gasteiger partial charge in [0.15, 0.2) is 0 Å². The third-order valence-corrected chi connectivity index (χ3v) is 12.5. The van der Waals surface area contributed by atoms with Gasteiger partial charge in [-0.1, -0.05) is 145 Å². The molecule has 0 amide bonds. The van der Waals surface area contributed by atoms with Crippen LogP contribution in [0.1, 0.15) is 44.5 Å². The van der Waals surface area contributed by atoms with Gasteiger partial charge in [-0.05, 0) is 79.4 Å². The van der Waals surface area contributed by atoms with Crippen molar-refractivity contribution in [3.8, 4) is 22.3 Å². The van der Waals surface area contributed by atoms with Crippen LogP contribution < -0.4 is 0 Å². The van der Waals surface area contributed by atoms with Crippen molar-refractivity contribution in [2.24, 2.45) is 0 Å². The Morgan fingerprint density at radius 2 is 0.848 bits per heavy atom. The Labute approximate surface area is 276 Å².